The molecule has 62 heavy (non-hydrogen) atoms. The second kappa shape index (κ2) is 16.9. The topological polar surface area (TPSA) is 180 Å². The lowest BCUT2D eigenvalue weighted by atomic mass is 9.67. The molecule has 0 bridgehead atoms. The Hall–Kier alpha value is -5.74. The molecule has 3 saturated heterocycles. The smallest absolute Gasteiger partial charge is 0.293 e. The first-order valence-electron chi connectivity index (χ1n) is 21.6. The number of carbonyl (C=O) groups excluding carboxylic acids is 4. The third kappa shape index (κ3) is 8.05. The Bertz CT molecular complexity index is 2490. The Morgan fingerprint density at radius 3 is 2.47 bits per heavy atom. The molecular weight excluding hydrogens is 814 g/mol. The van der Waals surface area contributed by atoms with E-state index in [1.54, 1.807) is 21.7 Å². The third-order valence-corrected chi connectivity index (χ3v) is 13.5. The number of nitrogens with zero attached hydrogens (tertiary/aromatic N) is 6. The number of amides is 4. The molecule has 1 unspecified atom stereocenters. The molecule has 4 aromatic rings. The van der Waals surface area contributed by atoms with Gasteiger partial charge in [0, 0.05) is 85.5 Å². The van der Waals surface area contributed by atoms with Gasteiger partial charge in [-0.3, -0.25) is 29.3 Å². The molecule has 0 radical (unpaired) electrons. The number of rotatable bonds is 11. The largest absolute Gasteiger partial charge is 0.478 e. The van der Waals surface area contributed by atoms with Crippen LogP contribution in [0.15, 0.2) is 53.5 Å². The predicted octanol–water partition coefficient (Wildman–Crippen LogP) is 5.09. The van der Waals surface area contributed by atoms with E-state index in [0.29, 0.717) is 41.0 Å². The number of imide groups is 1. The molecule has 9 rings (SSSR count). The van der Waals surface area contributed by atoms with Crippen LogP contribution in [0.1, 0.15) is 87.2 Å². The standard InChI is InChI=1S/C45H52ClN9O7/c1-26(2)55-34-8-7-28(19-27(34)20-37(43(55)60)61-23-39(57)47-3)49-40-33(46)21-48-44(51-40)52-17-13-30(14-18-52)62-29-11-15-45(16-12-29)24-53(25-45)35-6-4-5-31-32(35)22-54(42(31)59)36-9-10-38(56)50-41(36)58/h4-8,19-21,26,29-30,36H,9-18,22-25H2,1-3H3,(H,47,57)(H,48,49,51)(H,50,56,58). The first-order valence-corrected chi connectivity index (χ1v) is 22.0. The van der Waals surface area contributed by atoms with Gasteiger partial charge >= 0.3 is 0 Å². The summed E-state index contributed by atoms with van der Waals surface area (Å²) >= 11 is 6.61. The van der Waals surface area contributed by atoms with Crippen molar-refractivity contribution in [1.29, 1.82) is 0 Å². The summed E-state index contributed by atoms with van der Waals surface area (Å²) in [5, 5.41) is 9.36. The van der Waals surface area contributed by atoms with E-state index in [4.69, 9.17) is 26.1 Å². The van der Waals surface area contributed by atoms with Gasteiger partial charge in [0.2, 0.25) is 17.8 Å². The van der Waals surface area contributed by atoms with Gasteiger partial charge < -0.3 is 39.4 Å². The van der Waals surface area contributed by atoms with E-state index in [0.717, 1.165) is 86.9 Å². The second-order valence-corrected chi connectivity index (χ2v) is 18.0. The maximum absolute atomic E-state index is 13.4. The number of hydrogen-bond donors (Lipinski definition) is 3. The van der Waals surface area contributed by atoms with Crippen LogP contribution in [0.2, 0.25) is 5.02 Å². The fourth-order valence-electron chi connectivity index (χ4n) is 9.88. The highest BCUT2D eigenvalue weighted by Gasteiger charge is 2.48. The van der Waals surface area contributed by atoms with Gasteiger partial charge in [0.15, 0.2) is 18.2 Å². The molecule has 1 saturated carbocycles. The lowest BCUT2D eigenvalue weighted by Gasteiger charge is -2.55. The molecule has 3 N–H and O–H groups in total. The molecule has 2 aromatic heterocycles. The summed E-state index contributed by atoms with van der Waals surface area (Å²) in [5.41, 5.74) is 4.08. The van der Waals surface area contributed by atoms with Crippen molar-refractivity contribution >= 4 is 69.3 Å². The lowest BCUT2D eigenvalue weighted by molar-refractivity contribution is -0.137. The zero-order valence-corrected chi connectivity index (χ0v) is 36.0. The van der Waals surface area contributed by atoms with Gasteiger partial charge in [-0.15, -0.1) is 0 Å². The van der Waals surface area contributed by atoms with Crippen molar-refractivity contribution in [3.05, 3.63) is 75.2 Å². The predicted molar refractivity (Wildman–Crippen MR) is 234 cm³/mol. The molecule has 1 spiro atoms. The van der Waals surface area contributed by atoms with E-state index in [1.807, 2.05) is 44.2 Å². The number of hydrogen-bond acceptors (Lipinski definition) is 12. The van der Waals surface area contributed by atoms with Crippen LogP contribution < -0.4 is 36.0 Å². The normalized spacial score (nSPS) is 20.4. The minimum Gasteiger partial charge on any atom is -0.478 e. The summed E-state index contributed by atoms with van der Waals surface area (Å²) in [5.74, 6) is -0.00392. The number of halogens is 1. The van der Waals surface area contributed by atoms with Crippen LogP contribution in [0.3, 0.4) is 0 Å². The summed E-state index contributed by atoms with van der Waals surface area (Å²) in [6.45, 7) is 7.35. The third-order valence-electron chi connectivity index (χ3n) is 13.2. The lowest BCUT2D eigenvalue weighted by Crippen LogP contribution is -2.58. The van der Waals surface area contributed by atoms with Crippen molar-refractivity contribution in [3.8, 4) is 5.75 Å². The van der Waals surface area contributed by atoms with Crippen molar-refractivity contribution < 1.29 is 28.7 Å². The Balaban J connectivity index is 0.771. The number of nitrogens with one attached hydrogen (secondary N) is 3. The summed E-state index contributed by atoms with van der Waals surface area (Å²) < 4.78 is 14.0. The number of likely N-dealkylation sites (N-methyl/N-ethyl adjacent to an activating group) is 1. The molecule has 4 aliphatic heterocycles. The van der Waals surface area contributed by atoms with Crippen LogP contribution >= 0.6 is 11.6 Å². The number of piperidine rings is 2. The van der Waals surface area contributed by atoms with Crippen LogP contribution in [0.25, 0.3) is 10.9 Å². The molecule has 326 valence electrons. The highest BCUT2D eigenvalue weighted by atomic mass is 35.5. The summed E-state index contributed by atoms with van der Waals surface area (Å²) in [4.78, 5) is 78.3. The molecule has 6 heterocycles. The summed E-state index contributed by atoms with van der Waals surface area (Å²) in [6, 6.07) is 12.4. The monoisotopic (exact) mass is 865 g/mol. The first kappa shape index (κ1) is 41.6. The molecule has 17 heteroatoms. The molecule has 1 aliphatic carbocycles. The molecule has 1 atom stereocenters. The molecule has 16 nitrogen and oxygen atoms in total. The number of anilines is 4. The minimum absolute atomic E-state index is 0.0923. The zero-order chi connectivity index (χ0) is 43.3. The van der Waals surface area contributed by atoms with Crippen LogP contribution in [0.4, 0.5) is 23.1 Å². The van der Waals surface area contributed by atoms with Crippen molar-refractivity contribution in [1.82, 2.24) is 30.1 Å². The van der Waals surface area contributed by atoms with E-state index in [2.05, 4.69) is 36.8 Å². The van der Waals surface area contributed by atoms with Crippen LogP contribution in [-0.2, 0) is 25.7 Å². The minimum atomic E-state index is -0.620. The van der Waals surface area contributed by atoms with Gasteiger partial charge in [0.1, 0.15) is 11.1 Å². The van der Waals surface area contributed by atoms with E-state index in [-0.39, 0.29) is 71.6 Å². The van der Waals surface area contributed by atoms with Crippen LogP contribution in [0.5, 0.6) is 5.75 Å². The SMILES string of the molecule is CNC(=O)COc1cc2cc(Nc3nc(N4CCC(OC5CCC6(CC5)CN(c5cccc7c5CN(C5CCC(=O)NC5=O)C7=O)C6)CC4)ncc3Cl)ccc2n(C(C)C)c1=O. The van der Waals surface area contributed by atoms with Gasteiger partial charge in [-0.1, -0.05) is 17.7 Å². The summed E-state index contributed by atoms with van der Waals surface area (Å²) in [6.07, 6.45) is 8.56. The van der Waals surface area contributed by atoms with Crippen molar-refractivity contribution in [3.63, 3.8) is 0 Å². The van der Waals surface area contributed by atoms with Gasteiger partial charge in [-0.05, 0) is 95.2 Å². The number of pyridine rings is 1. The Morgan fingerprint density at radius 2 is 1.74 bits per heavy atom. The van der Waals surface area contributed by atoms with Crippen molar-refractivity contribution in [2.45, 2.75) is 96.1 Å². The van der Waals surface area contributed by atoms with Crippen molar-refractivity contribution in [2.75, 3.05) is 55.0 Å². The molecule has 2 aromatic carbocycles. The van der Waals surface area contributed by atoms with Gasteiger partial charge in [0.25, 0.3) is 17.4 Å². The van der Waals surface area contributed by atoms with Gasteiger partial charge in [-0.2, -0.15) is 4.98 Å². The van der Waals surface area contributed by atoms with E-state index in [9.17, 15) is 24.0 Å². The summed E-state index contributed by atoms with van der Waals surface area (Å²) in [7, 11) is 1.51. The Kier molecular flexibility index (Phi) is 11.3. The maximum atomic E-state index is 13.4. The van der Waals surface area contributed by atoms with Crippen LogP contribution in [0, 0.1) is 5.41 Å². The van der Waals surface area contributed by atoms with Crippen LogP contribution in [-0.4, -0.2) is 101 Å². The molecule has 4 fully saturated rings. The van der Waals surface area contributed by atoms with Gasteiger partial charge in [0.05, 0.1) is 23.9 Å². The van der Waals surface area contributed by atoms with Crippen molar-refractivity contribution in [2.24, 2.45) is 5.41 Å². The quantitative estimate of drug-likeness (QED) is 0.170. The molecule has 5 aliphatic rings. The highest BCUT2D eigenvalue weighted by molar-refractivity contribution is 6.33. The van der Waals surface area contributed by atoms with Gasteiger partial charge in [-0.25, -0.2) is 4.98 Å². The highest BCUT2D eigenvalue weighted by Crippen LogP contribution is 2.48. The second-order valence-electron chi connectivity index (χ2n) is 17.6. The fourth-order valence-corrected chi connectivity index (χ4v) is 10.0. The van der Waals surface area contributed by atoms with E-state index >= 15 is 0 Å². The Morgan fingerprint density at radius 1 is 0.984 bits per heavy atom. The number of aromatic nitrogens is 3. The first-order chi connectivity index (χ1) is 29.9. The average molecular weight is 866 g/mol. The van der Waals surface area contributed by atoms with E-state index < -0.39 is 6.04 Å². The number of ether oxygens (including phenoxy) is 2. The Labute approximate surface area is 364 Å². The molecular formula is C45H52ClN9O7. The number of benzene rings is 2. The molecule has 4 amide bonds. The fraction of sp³-hybridized carbons (Fsp3) is 0.489. The number of fused-ring (bicyclic) bond motifs is 2. The average Bonchev–Trinajstić information content (AvgIpc) is 3.59. The van der Waals surface area contributed by atoms with E-state index in [1.165, 1.54) is 7.05 Å². The zero-order valence-electron chi connectivity index (χ0n) is 35.2. The maximum Gasteiger partial charge on any atom is 0.293 e. The number of carbonyl (C=O) groups is 4.